The molecule has 128 valence electrons. The standard InChI is InChI=1S/C19H19FN4O/c1-10-3-6-14(20)13-9-15(22-16(10)13)19(25)23-18(12-4-5-12)17-11(2)7-8-21-24-17/h3,6-9,12,18,22H,4-5H2,1-2H3,(H,23,25). The summed E-state index contributed by atoms with van der Waals surface area (Å²) in [5.74, 6) is -0.210. The molecule has 1 aromatic carbocycles. The lowest BCUT2D eigenvalue weighted by Crippen LogP contribution is -2.31. The van der Waals surface area contributed by atoms with Crippen LogP contribution < -0.4 is 5.32 Å². The maximum absolute atomic E-state index is 14.0. The van der Waals surface area contributed by atoms with E-state index in [-0.39, 0.29) is 17.8 Å². The minimum absolute atomic E-state index is 0.168. The Morgan fingerprint density at radius 1 is 1.28 bits per heavy atom. The summed E-state index contributed by atoms with van der Waals surface area (Å²) in [6.07, 6.45) is 3.76. The van der Waals surface area contributed by atoms with Gasteiger partial charge in [-0.25, -0.2) is 4.39 Å². The molecule has 1 amide bonds. The van der Waals surface area contributed by atoms with Crippen molar-refractivity contribution in [2.75, 3.05) is 0 Å². The highest BCUT2D eigenvalue weighted by Gasteiger charge is 2.35. The summed E-state index contributed by atoms with van der Waals surface area (Å²) in [6, 6.07) is 6.42. The van der Waals surface area contributed by atoms with Crippen LogP contribution in [0.3, 0.4) is 0 Å². The number of carbonyl (C=O) groups is 1. The zero-order valence-corrected chi connectivity index (χ0v) is 14.1. The molecule has 1 unspecified atom stereocenters. The van der Waals surface area contributed by atoms with Crippen LogP contribution in [0.2, 0.25) is 0 Å². The fourth-order valence-corrected chi connectivity index (χ4v) is 3.22. The predicted molar refractivity (Wildman–Crippen MR) is 92.7 cm³/mol. The van der Waals surface area contributed by atoms with E-state index >= 15 is 0 Å². The van der Waals surface area contributed by atoms with Crippen molar-refractivity contribution in [3.8, 4) is 0 Å². The van der Waals surface area contributed by atoms with Gasteiger partial charge in [0.2, 0.25) is 0 Å². The van der Waals surface area contributed by atoms with E-state index in [9.17, 15) is 9.18 Å². The molecule has 5 nitrogen and oxygen atoms in total. The second-order valence-corrected chi connectivity index (χ2v) is 6.72. The Hall–Kier alpha value is -2.76. The molecule has 4 rings (SSSR count). The molecule has 0 spiro atoms. The van der Waals surface area contributed by atoms with E-state index in [0.717, 1.165) is 29.7 Å². The number of aromatic nitrogens is 3. The number of hydrogen-bond donors (Lipinski definition) is 2. The van der Waals surface area contributed by atoms with Crippen LogP contribution in [0.4, 0.5) is 4.39 Å². The first-order valence-corrected chi connectivity index (χ1v) is 8.41. The number of benzene rings is 1. The molecular formula is C19H19FN4O. The summed E-state index contributed by atoms with van der Waals surface area (Å²) in [5.41, 5.74) is 3.72. The molecule has 0 aliphatic heterocycles. The first-order chi connectivity index (χ1) is 12.0. The summed E-state index contributed by atoms with van der Waals surface area (Å²) >= 11 is 0. The van der Waals surface area contributed by atoms with Crippen molar-refractivity contribution in [3.63, 3.8) is 0 Å². The van der Waals surface area contributed by atoms with E-state index in [1.807, 2.05) is 19.9 Å². The van der Waals surface area contributed by atoms with Crippen LogP contribution in [0.25, 0.3) is 10.9 Å². The van der Waals surface area contributed by atoms with Crippen LogP contribution >= 0.6 is 0 Å². The Kier molecular flexibility index (Phi) is 3.75. The van der Waals surface area contributed by atoms with Gasteiger partial charge < -0.3 is 10.3 Å². The summed E-state index contributed by atoms with van der Waals surface area (Å²) in [6.45, 7) is 3.85. The first kappa shape index (κ1) is 15.7. The Bertz CT molecular complexity index is 922. The highest BCUT2D eigenvalue weighted by atomic mass is 19.1. The molecule has 25 heavy (non-hydrogen) atoms. The normalized spacial score (nSPS) is 15.3. The second kappa shape index (κ2) is 5.95. The fourth-order valence-electron chi connectivity index (χ4n) is 3.22. The molecule has 1 saturated carbocycles. The largest absolute Gasteiger partial charge is 0.350 e. The van der Waals surface area contributed by atoms with Crippen LogP contribution in [-0.4, -0.2) is 21.1 Å². The van der Waals surface area contributed by atoms with Crippen LogP contribution in [0, 0.1) is 25.6 Å². The molecule has 0 bridgehead atoms. The number of aryl methyl sites for hydroxylation is 2. The zero-order valence-electron chi connectivity index (χ0n) is 14.1. The Morgan fingerprint density at radius 3 is 2.76 bits per heavy atom. The zero-order chi connectivity index (χ0) is 17.6. The predicted octanol–water partition coefficient (Wildman–Crippen LogP) is 3.59. The van der Waals surface area contributed by atoms with Gasteiger partial charge in [0.25, 0.3) is 5.91 Å². The maximum Gasteiger partial charge on any atom is 0.268 e. The number of nitrogens with one attached hydrogen (secondary N) is 2. The molecule has 1 aliphatic carbocycles. The van der Waals surface area contributed by atoms with Gasteiger partial charge in [-0.05, 0) is 61.9 Å². The van der Waals surface area contributed by atoms with Gasteiger partial charge in [0.1, 0.15) is 11.5 Å². The fraction of sp³-hybridized carbons (Fsp3) is 0.316. The van der Waals surface area contributed by atoms with Gasteiger partial charge in [0.15, 0.2) is 0 Å². The van der Waals surface area contributed by atoms with Crippen LogP contribution in [0.5, 0.6) is 0 Å². The smallest absolute Gasteiger partial charge is 0.268 e. The first-order valence-electron chi connectivity index (χ1n) is 8.41. The number of rotatable bonds is 4. The molecule has 2 heterocycles. The van der Waals surface area contributed by atoms with Crippen LogP contribution in [0.1, 0.15) is 46.2 Å². The highest BCUT2D eigenvalue weighted by Crippen LogP contribution is 2.41. The lowest BCUT2D eigenvalue weighted by atomic mass is 10.0. The Labute approximate surface area is 144 Å². The topological polar surface area (TPSA) is 70.7 Å². The molecule has 2 aromatic heterocycles. The number of carbonyl (C=O) groups excluding carboxylic acids is 1. The molecule has 2 N–H and O–H groups in total. The van der Waals surface area contributed by atoms with E-state index < -0.39 is 0 Å². The molecule has 0 saturated heterocycles. The Morgan fingerprint density at radius 2 is 2.08 bits per heavy atom. The molecule has 1 aliphatic rings. The molecule has 1 fully saturated rings. The van der Waals surface area contributed by atoms with Gasteiger partial charge >= 0.3 is 0 Å². The monoisotopic (exact) mass is 338 g/mol. The van der Waals surface area contributed by atoms with Crippen molar-refractivity contribution in [1.82, 2.24) is 20.5 Å². The summed E-state index contributed by atoms with van der Waals surface area (Å²) in [7, 11) is 0. The number of fused-ring (bicyclic) bond motifs is 1. The van der Waals surface area contributed by atoms with E-state index in [1.54, 1.807) is 18.3 Å². The summed E-state index contributed by atoms with van der Waals surface area (Å²) in [4.78, 5) is 15.8. The lowest BCUT2D eigenvalue weighted by Gasteiger charge is -2.18. The highest BCUT2D eigenvalue weighted by molar-refractivity contribution is 5.99. The maximum atomic E-state index is 14.0. The quantitative estimate of drug-likeness (QED) is 0.763. The minimum Gasteiger partial charge on any atom is -0.350 e. The third-order valence-electron chi connectivity index (χ3n) is 4.83. The third kappa shape index (κ3) is 2.88. The minimum atomic E-state index is -0.334. The van der Waals surface area contributed by atoms with Crippen molar-refractivity contribution >= 4 is 16.8 Å². The van der Waals surface area contributed by atoms with Crippen LogP contribution in [-0.2, 0) is 0 Å². The van der Waals surface area contributed by atoms with Crippen molar-refractivity contribution in [2.45, 2.75) is 32.7 Å². The van der Waals surface area contributed by atoms with Crippen molar-refractivity contribution in [2.24, 2.45) is 5.92 Å². The van der Waals surface area contributed by atoms with Gasteiger partial charge in [0, 0.05) is 11.6 Å². The number of nitrogens with zero attached hydrogens (tertiary/aromatic N) is 2. The van der Waals surface area contributed by atoms with Crippen LogP contribution in [0.15, 0.2) is 30.5 Å². The lowest BCUT2D eigenvalue weighted by molar-refractivity contribution is 0.0926. The van der Waals surface area contributed by atoms with Gasteiger partial charge in [-0.2, -0.15) is 10.2 Å². The molecule has 0 radical (unpaired) electrons. The van der Waals surface area contributed by atoms with Gasteiger partial charge in [0.05, 0.1) is 17.3 Å². The van der Waals surface area contributed by atoms with Gasteiger partial charge in [-0.3, -0.25) is 4.79 Å². The van der Waals surface area contributed by atoms with E-state index in [1.165, 1.54) is 6.07 Å². The number of aromatic amines is 1. The molecule has 3 aromatic rings. The number of amides is 1. The number of hydrogen-bond acceptors (Lipinski definition) is 3. The SMILES string of the molecule is Cc1ccnnc1C(NC(=O)c1cc2c(F)ccc(C)c2[nH]1)C1CC1. The number of H-pyrrole nitrogens is 1. The molecule has 6 heteroatoms. The Balaban J connectivity index is 1.65. The van der Waals surface area contributed by atoms with E-state index in [2.05, 4.69) is 20.5 Å². The van der Waals surface area contributed by atoms with Crippen molar-refractivity contribution < 1.29 is 9.18 Å². The van der Waals surface area contributed by atoms with Gasteiger partial charge in [-0.1, -0.05) is 6.07 Å². The average Bonchev–Trinajstić information content (AvgIpc) is 3.33. The molecule has 1 atom stereocenters. The number of halogens is 1. The average molecular weight is 338 g/mol. The molecular weight excluding hydrogens is 319 g/mol. The second-order valence-electron chi connectivity index (χ2n) is 6.72. The van der Waals surface area contributed by atoms with Gasteiger partial charge in [-0.15, -0.1) is 0 Å². The van der Waals surface area contributed by atoms with Crippen molar-refractivity contribution in [1.29, 1.82) is 0 Å². The van der Waals surface area contributed by atoms with E-state index in [4.69, 9.17) is 0 Å². The summed E-state index contributed by atoms with van der Waals surface area (Å²) < 4.78 is 14.0. The third-order valence-corrected chi connectivity index (χ3v) is 4.83. The summed E-state index contributed by atoms with van der Waals surface area (Å²) in [5, 5.41) is 11.7. The van der Waals surface area contributed by atoms with Crippen molar-refractivity contribution in [3.05, 3.63) is 58.8 Å². The van der Waals surface area contributed by atoms with E-state index in [0.29, 0.717) is 22.5 Å².